The number of aromatic amines is 1. The first-order valence-electron chi connectivity index (χ1n) is 3.93. The van der Waals surface area contributed by atoms with E-state index in [-0.39, 0.29) is 5.82 Å². The number of rotatable bonds is 3. The normalized spacial score (nSPS) is 15.3. The Balaban J connectivity index is 2.72. The van der Waals surface area contributed by atoms with Crippen molar-refractivity contribution in [3.63, 3.8) is 0 Å². The summed E-state index contributed by atoms with van der Waals surface area (Å²) >= 11 is 0. The van der Waals surface area contributed by atoms with E-state index in [4.69, 9.17) is 5.73 Å². The van der Waals surface area contributed by atoms with E-state index in [1.54, 1.807) is 0 Å². The van der Waals surface area contributed by atoms with Gasteiger partial charge in [-0.3, -0.25) is 0 Å². The van der Waals surface area contributed by atoms with Crippen molar-refractivity contribution >= 4 is 0 Å². The number of H-pyrrole nitrogens is 1. The molecule has 0 spiro atoms. The molecule has 0 saturated heterocycles. The minimum atomic E-state index is -5.64. The molecule has 1 unspecified atom stereocenters. The van der Waals surface area contributed by atoms with Crippen molar-refractivity contribution in [1.29, 1.82) is 0 Å². The Morgan fingerprint density at radius 3 is 2.33 bits per heavy atom. The van der Waals surface area contributed by atoms with E-state index in [0.29, 0.717) is 0 Å². The SMILES string of the molecule is NC(Cc1ncc[nH]1)C(F)(F)C(F)(F)F. The largest absolute Gasteiger partial charge is 0.454 e. The number of aromatic nitrogens is 2. The van der Waals surface area contributed by atoms with Gasteiger partial charge in [-0.15, -0.1) is 0 Å². The summed E-state index contributed by atoms with van der Waals surface area (Å²) < 4.78 is 60.8. The van der Waals surface area contributed by atoms with Gasteiger partial charge in [-0.1, -0.05) is 0 Å². The van der Waals surface area contributed by atoms with Crippen molar-refractivity contribution in [2.75, 3.05) is 0 Å². The van der Waals surface area contributed by atoms with Crippen LogP contribution in [0.25, 0.3) is 0 Å². The van der Waals surface area contributed by atoms with Crippen molar-refractivity contribution in [1.82, 2.24) is 9.97 Å². The maximum absolute atomic E-state index is 12.6. The maximum Gasteiger partial charge on any atom is 0.454 e. The van der Waals surface area contributed by atoms with Gasteiger partial charge in [-0.05, 0) is 0 Å². The third-order valence-electron chi connectivity index (χ3n) is 1.81. The highest BCUT2D eigenvalue weighted by Crippen LogP contribution is 2.37. The summed E-state index contributed by atoms with van der Waals surface area (Å²) in [5, 5.41) is 0. The van der Waals surface area contributed by atoms with Crippen LogP contribution < -0.4 is 5.73 Å². The average Bonchev–Trinajstić information content (AvgIpc) is 2.54. The standard InChI is InChI=1S/C7H8F5N3/c8-6(9,7(10,11)12)4(13)3-5-14-1-2-15-5/h1-2,4H,3,13H2,(H,14,15). The van der Waals surface area contributed by atoms with Crippen molar-refractivity contribution in [3.8, 4) is 0 Å². The van der Waals surface area contributed by atoms with E-state index >= 15 is 0 Å². The lowest BCUT2D eigenvalue weighted by atomic mass is 10.1. The van der Waals surface area contributed by atoms with Gasteiger partial charge in [0, 0.05) is 18.8 Å². The molecular formula is C7H8F5N3. The molecule has 3 nitrogen and oxygen atoms in total. The van der Waals surface area contributed by atoms with Crippen LogP contribution in [-0.4, -0.2) is 28.1 Å². The summed E-state index contributed by atoms with van der Waals surface area (Å²) in [4.78, 5) is 5.92. The van der Waals surface area contributed by atoms with Crippen molar-refractivity contribution in [3.05, 3.63) is 18.2 Å². The molecule has 1 rings (SSSR count). The second-order valence-corrected chi connectivity index (χ2v) is 2.97. The molecule has 3 N–H and O–H groups in total. The minimum absolute atomic E-state index is 0.00794. The molecule has 0 aromatic carbocycles. The zero-order valence-corrected chi connectivity index (χ0v) is 7.35. The van der Waals surface area contributed by atoms with Gasteiger partial charge in [0.05, 0.1) is 6.04 Å². The second-order valence-electron chi connectivity index (χ2n) is 2.97. The van der Waals surface area contributed by atoms with Crippen LogP contribution in [0.15, 0.2) is 12.4 Å². The van der Waals surface area contributed by atoms with E-state index < -0.39 is 24.6 Å². The van der Waals surface area contributed by atoms with Gasteiger partial charge in [-0.2, -0.15) is 22.0 Å². The molecule has 0 radical (unpaired) electrons. The van der Waals surface area contributed by atoms with E-state index in [0.717, 1.165) is 0 Å². The molecule has 0 aliphatic heterocycles. The quantitative estimate of drug-likeness (QED) is 0.771. The Morgan fingerprint density at radius 1 is 1.33 bits per heavy atom. The van der Waals surface area contributed by atoms with Crippen LogP contribution in [-0.2, 0) is 6.42 Å². The molecule has 0 bridgehead atoms. The first-order chi connectivity index (χ1) is 6.75. The van der Waals surface area contributed by atoms with E-state index in [9.17, 15) is 22.0 Å². The molecule has 0 amide bonds. The van der Waals surface area contributed by atoms with Crippen molar-refractivity contribution < 1.29 is 22.0 Å². The first kappa shape index (κ1) is 11.9. The predicted molar refractivity (Wildman–Crippen MR) is 41.3 cm³/mol. The molecule has 1 aromatic rings. The maximum atomic E-state index is 12.6. The molecule has 86 valence electrons. The molecule has 1 atom stereocenters. The number of hydrogen-bond donors (Lipinski definition) is 2. The summed E-state index contributed by atoms with van der Waals surface area (Å²) in [5.74, 6) is -4.92. The van der Waals surface area contributed by atoms with Gasteiger partial charge in [0.1, 0.15) is 5.82 Å². The molecule has 1 aromatic heterocycles. The fourth-order valence-corrected chi connectivity index (χ4v) is 0.956. The molecule has 1 heterocycles. The van der Waals surface area contributed by atoms with Crippen LogP contribution in [0.2, 0.25) is 0 Å². The molecule has 0 aliphatic carbocycles. The Labute approximate surface area is 81.5 Å². The van der Waals surface area contributed by atoms with Gasteiger partial charge in [0.15, 0.2) is 0 Å². The summed E-state index contributed by atoms with van der Waals surface area (Å²) in [6.07, 6.45) is -3.75. The monoisotopic (exact) mass is 229 g/mol. The smallest absolute Gasteiger partial charge is 0.349 e. The minimum Gasteiger partial charge on any atom is -0.349 e. The van der Waals surface area contributed by atoms with Gasteiger partial charge >= 0.3 is 12.1 Å². The fourth-order valence-electron chi connectivity index (χ4n) is 0.956. The molecule has 0 fully saturated rings. The zero-order chi connectivity index (χ0) is 11.7. The fraction of sp³-hybridized carbons (Fsp3) is 0.571. The van der Waals surface area contributed by atoms with Gasteiger partial charge in [0.2, 0.25) is 0 Å². The van der Waals surface area contributed by atoms with Crippen LogP contribution in [0.4, 0.5) is 22.0 Å². The van der Waals surface area contributed by atoms with E-state index in [2.05, 4.69) is 9.97 Å². The summed E-state index contributed by atoms with van der Waals surface area (Å²) in [6.45, 7) is 0. The zero-order valence-electron chi connectivity index (χ0n) is 7.35. The van der Waals surface area contributed by atoms with E-state index in [1.807, 2.05) is 0 Å². The lowest BCUT2D eigenvalue weighted by Crippen LogP contribution is -2.52. The molecule has 15 heavy (non-hydrogen) atoms. The van der Waals surface area contributed by atoms with Gasteiger partial charge in [0.25, 0.3) is 0 Å². The van der Waals surface area contributed by atoms with Crippen LogP contribution in [0.1, 0.15) is 5.82 Å². The average molecular weight is 229 g/mol. The summed E-state index contributed by atoms with van der Waals surface area (Å²) in [6, 6.07) is -2.34. The van der Waals surface area contributed by atoms with Crippen molar-refractivity contribution in [2.24, 2.45) is 5.73 Å². The molecule has 0 aliphatic rings. The number of nitrogens with two attached hydrogens (primary N) is 1. The third-order valence-corrected chi connectivity index (χ3v) is 1.81. The van der Waals surface area contributed by atoms with Crippen LogP contribution in [0.3, 0.4) is 0 Å². The van der Waals surface area contributed by atoms with Gasteiger partial charge in [-0.25, -0.2) is 4.98 Å². The number of nitrogens with one attached hydrogen (secondary N) is 1. The summed E-state index contributed by atoms with van der Waals surface area (Å²) in [5.41, 5.74) is 4.80. The second kappa shape index (κ2) is 3.76. The summed E-state index contributed by atoms with van der Waals surface area (Å²) in [7, 11) is 0. The number of imidazole rings is 1. The van der Waals surface area contributed by atoms with E-state index in [1.165, 1.54) is 12.4 Å². The molecule has 8 heteroatoms. The number of halogens is 5. The van der Waals surface area contributed by atoms with Crippen LogP contribution >= 0.6 is 0 Å². The molecular weight excluding hydrogens is 221 g/mol. The number of alkyl halides is 5. The van der Waals surface area contributed by atoms with Crippen LogP contribution in [0, 0.1) is 0 Å². The third kappa shape index (κ3) is 2.44. The Morgan fingerprint density at radius 2 is 1.93 bits per heavy atom. The predicted octanol–water partition coefficient (Wildman–Crippen LogP) is 1.48. The number of hydrogen-bond acceptors (Lipinski definition) is 2. The Bertz CT molecular complexity index is 305. The highest BCUT2D eigenvalue weighted by molar-refractivity contribution is 4.97. The van der Waals surface area contributed by atoms with Crippen molar-refractivity contribution in [2.45, 2.75) is 24.6 Å². The molecule has 0 saturated carbocycles. The Hall–Kier alpha value is -1.18. The lowest BCUT2D eigenvalue weighted by molar-refractivity contribution is -0.289. The lowest BCUT2D eigenvalue weighted by Gasteiger charge is -2.24. The number of nitrogens with zero attached hydrogens (tertiary/aromatic N) is 1. The highest BCUT2D eigenvalue weighted by atomic mass is 19.4. The topological polar surface area (TPSA) is 54.7 Å². The Kier molecular flexibility index (Phi) is 2.98. The highest BCUT2D eigenvalue weighted by Gasteiger charge is 2.61. The van der Waals surface area contributed by atoms with Gasteiger partial charge < -0.3 is 10.7 Å². The first-order valence-corrected chi connectivity index (χ1v) is 3.93. The van der Waals surface area contributed by atoms with Crippen LogP contribution in [0.5, 0.6) is 0 Å².